The Morgan fingerprint density at radius 1 is 1.25 bits per heavy atom. The maximum absolute atomic E-state index is 11.7. The Bertz CT molecular complexity index is 427. The molecule has 0 saturated carbocycles. The Labute approximate surface area is 95.3 Å². The highest BCUT2D eigenvalue weighted by Gasteiger charge is 2.16. The van der Waals surface area contributed by atoms with E-state index in [0.717, 1.165) is 6.42 Å². The first-order valence-corrected chi connectivity index (χ1v) is 5.16. The minimum atomic E-state index is -0.545. The molecule has 0 fully saturated rings. The largest absolute Gasteiger partial charge is 0.285 e. The molecule has 16 heavy (non-hydrogen) atoms. The van der Waals surface area contributed by atoms with Gasteiger partial charge in [0.25, 0.3) is 0 Å². The van der Waals surface area contributed by atoms with Crippen LogP contribution < -0.4 is 0 Å². The van der Waals surface area contributed by atoms with Crippen molar-refractivity contribution in [3.8, 4) is 0 Å². The lowest BCUT2D eigenvalue weighted by Crippen LogP contribution is -2.14. The highest BCUT2D eigenvalue weighted by Crippen LogP contribution is 2.06. The van der Waals surface area contributed by atoms with Crippen LogP contribution in [0, 0.1) is 0 Å². The van der Waals surface area contributed by atoms with Crippen LogP contribution in [0.25, 0.3) is 0 Å². The molecule has 2 heteroatoms. The zero-order chi connectivity index (χ0) is 12.0. The van der Waals surface area contributed by atoms with Gasteiger partial charge < -0.3 is 0 Å². The van der Waals surface area contributed by atoms with Gasteiger partial charge in [-0.05, 0) is 6.42 Å². The minimum absolute atomic E-state index is 0.232. The standard InChI is InChI=1S/C14H14O2/c1-3-4-8-11(2)13(15)14(16)12-9-6-5-7-10-12/h4-10H,2-3H2,1H3/b8-4-. The molecule has 0 aliphatic heterocycles. The van der Waals surface area contributed by atoms with Gasteiger partial charge in [-0.3, -0.25) is 9.59 Å². The van der Waals surface area contributed by atoms with Gasteiger partial charge in [0, 0.05) is 11.1 Å². The van der Waals surface area contributed by atoms with Crippen LogP contribution in [0.5, 0.6) is 0 Å². The fourth-order valence-electron chi connectivity index (χ4n) is 1.20. The third-order valence-corrected chi connectivity index (χ3v) is 2.09. The predicted octanol–water partition coefficient (Wildman–Crippen LogP) is 2.96. The molecule has 0 aliphatic rings. The Kier molecular flexibility index (Phi) is 4.40. The average Bonchev–Trinajstić information content (AvgIpc) is 2.35. The van der Waals surface area contributed by atoms with Crippen molar-refractivity contribution >= 4 is 11.6 Å². The van der Waals surface area contributed by atoms with Crippen LogP contribution >= 0.6 is 0 Å². The molecule has 0 saturated heterocycles. The molecule has 0 aliphatic carbocycles. The highest BCUT2D eigenvalue weighted by molar-refractivity contribution is 6.49. The van der Waals surface area contributed by atoms with Crippen molar-refractivity contribution < 1.29 is 9.59 Å². The Balaban J connectivity index is 2.80. The van der Waals surface area contributed by atoms with Gasteiger partial charge in [-0.25, -0.2) is 0 Å². The average molecular weight is 214 g/mol. The first-order chi connectivity index (χ1) is 7.66. The van der Waals surface area contributed by atoms with Crippen LogP contribution in [0.2, 0.25) is 0 Å². The van der Waals surface area contributed by atoms with Gasteiger partial charge in [0.1, 0.15) is 0 Å². The summed E-state index contributed by atoms with van der Waals surface area (Å²) in [5.74, 6) is -1.05. The summed E-state index contributed by atoms with van der Waals surface area (Å²) in [6.45, 7) is 5.53. The van der Waals surface area contributed by atoms with E-state index >= 15 is 0 Å². The maximum Gasteiger partial charge on any atom is 0.233 e. The van der Waals surface area contributed by atoms with Gasteiger partial charge >= 0.3 is 0 Å². The molecular weight excluding hydrogens is 200 g/mol. The normalized spacial score (nSPS) is 10.3. The van der Waals surface area contributed by atoms with Crippen molar-refractivity contribution in [3.63, 3.8) is 0 Å². The molecule has 0 amide bonds. The summed E-state index contributed by atoms with van der Waals surface area (Å²) >= 11 is 0. The lowest BCUT2D eigenvalue weighted by molar-refractivity contribution is -0.111. The molecule has 0 atom stereocenters. The van der Waals surface area contributed by atoms with Gasteiger partial charge in [0.05, 0.1) is 0 Å². The minimum Gasteiger partial charge on any atom is -0.285 e. The monoisotopic (exact) mass is 214 g/mol. The van der Waals surface area contributed by atoms with Crippen molar-refractivity contribution in [1.29, 1.82) is 0 Å². The van der Waals surface area contributed by atoms with Crippen LogP contribution in [0.15, 0.2) is 54.6 Å². The van der Waals surface area contributed by atoms with Crippen molar-refractivity contribution in [2.75, 3.05) is 0 Å². The van der Waals surface area contributed by atoms with E-state index in [2.05, 4.69) is 6.58 Å². The molecule has 82 valence electrons. The van der Waals surface area contributed by atoms with Gasteiger partial charge in [-0.1, -0.05) is 56.0 Å². The molecule has 0 unspecified atom stereocenters. The lowest BCUT2D eigenvalue weighted by atomic mass is 10.0. The molecule has 0 spiro atoms. The van der Waals surface area contributed by atoms with Gasteiger partial charge in [0.2, 0.25) is 11.6 Å². The van der Waals surface area contributed by atoms with Crippen LogP contribution in [-0.2, 0) is 4.79 Å². The van der Waals surface area contributed by atoms with Gasteiger partial charge in [-0.2, -0.15) is 0 Å². The smallest absolute Gasteiger partial charge is 0.233 e. The molecule has 1 aromatic carbocycles. The second kappa shape index (κ2) is 5.81. The summed E-state index contributed by atoms with van der Waals surface area (Å²) < 4.78 is 0. The Hall–Kier alpha value is -1.96. The first-order valence-electron chi connectivity index (χ1n) is 5.16. The Morgan fingerprint density at radius 3 is 2.44 bits per heavy atom. The number of carbonyl (C=O) groups excluding carboxylic acids is 2. The Morgan fingerprint density at radius 2 is 1.88 bits per heavy atom. The van der Waals surface area contributed by atoms with Crippen LogP contribution in [0.3, 0.4) is 0 Å². The van der Waals surface area contributed by atoms with Crippen molar-refractivity contribution in [3.05, 3.63) is 60.2 Å². The zero-order valence-electron chi connectivity index (χ0n) is 9.27. The lowest BCUT2D eigenvalue weighted by Gasteiger charge is -1.99. The number of Topliss-reactive ketones (excluding diaryl/α,β-unsaturated/α-hetero) is 2. The van der Waals surface area contributed by atoms with E-state index < -0.39 is 11.6 Å². The molecule has 0 heterocycles. The van der Waals surface area contributed by atoms with E-state index in [-0.39, 0.29) is 5.57 Å². The fourth-order valence-corrected chi connectivity index (χ4v) is 1.20. The molecule has 2 nitrogen and oxygen atoms in total. The molecule has 0 N–H and O–H groups in total. The molecular formula is C14H14O2. The molecule has 0 radical (unpaired) electrons. The summed E-state index contributed by atoms with van der Waals surface area (Å²) in [6.07, 6.45) is 4.20. The SMILES string of the molecule is C=C(/C=C\CC)C(=O)C(=O)c1ccccc1. The molecule has 0 aromatic heterocycles. The summed E-state index contributed by atoms with van der Waals surface area (Å²) in [5, 5.41) is 0. The van der Waals surface area contributed by atoms with Crippen LogP contribution in [0.4, 0.5) is 0 Å². The van der Waals surface area contributed by atoms with Crippen molar-refractivity contribution in [1.82, 2.24) is 0 Å². The predicted molar refractivity (Wildman–Crippen MR) is 64.4 cm³/mol. The summed E-state index contributed by atoms with van der Waals surface area (Å²) in [4.78, 5) is 23.4. The van der Waals surface area contributed by atoms with E-state index in [1.807, 2.05) is 6.92 Å². The quantitative estimate of drug-likeness (QED) is 0.327. The number of ketones is 2. The van der Waals surface area contributed by atoms with Crippen LogP contribution in [0.1, 0.15) is 23.7 Å². The van der Waals surface area contributed by atoms with Crippen molar-refractivity contribution in [2.24, 2.45) is 0 Å². The summed E-state index contributed by atoms with van der Waals surface area (Å²) in [5.41, 5.74) is 0.634. The number of rotatable bonds is 5. The highest BCUT2D eigenvalue weighted by atomic mass is 16.2. The van der Waals surface area contributed by atoms with E-state index in [1.165, 1.54) is 0 Å². The molecule has 0 bridgehead atoms. The second-order valence-electron chi connectivity index (χ2n) is 3.36. The summed E-state index contributed by atoms with van der Waals surface area (Å²) in [6, 6.07) is 8.50. The third-order valence-electron chi connectivity index (χ3n) is 2.09. The zero-order valence-corrected chi connectivity index (χ0v) is 9.27. The number of allylic oxidation sites excluding steroid dienone is 3. The number of hydrogen-bond acceptors (Lipinski definition) is 2. The fraction of sp³-hybridized carbons (Fsp3) is 0.143. The van der Waals surface area contributed by atoms with Gasteiger partial charge in [-0.15, -0.1) is 0 Å². The first kappa shape index (κ1) is 12.1. The topological polar surface area (TPSA) is 34.1 Å². The van der Waals surface area contributed by atoms with E-state index in [0.29, 0.717) is 5.56 Å². The third kappa shape index (κ3) is 3.02. The second-order valence-corrected chi connectivity index (χ2v) is 3.36. The van der Waals surface area contributed by atoms with E-state index in [9.17, 15) is 9.59 Å². The van der Waals surface area contributed by atoms with E-state index in [1.54, 1.807) is 42.5 Å². The van der Waals surface area contributed by atoms with Crippen molar-refractivity contribution in [2.45, 2.75) is 13.3 Å². The summed E-state index contributed by atoms with van der Waals surface area (Å²) in [7, 11) is 0. The molecule has 1 rings (SSSR count). The van der Waals surface area contributed by atoms with E-state index in [4.69, 9.17) is 0 Å². The number of carbonyl (C=O) groups is 2. The maximum atomic E-state index is 11.7. The number of benzene rings is 1. The van der Waals surface area contributed by atoms with Gasteiger partial charge in [0.15, 0.2) is 0 Å². The van der Waals surface area contributed by atoms with Crippen LogP contribution in [-0.4, -0.2) is 11.6 Å². The molecule has 1 aromatic rings. The number of hydrogen-bond donors (Lipinski definition) is 0.